The second kappa shape index (κ2) is 10.3. The highest BCUT2D eigenvalue weighted by Gasteiger charge is 2.47. The fraction of sp³-hybridized carbons (Fsp3) is 0.619. The maximum atomic E-state index is 12.6. The van der Waals surface area contributed by atoms with Gasteiger partial charge in [0.25, 0.3) is 0 Å². The minimum Gasteiger partial charge on any atom is -0.460 e. The molecule has 4 unspecified atom stereocenters. The van der Waals surface area contributed by atoms with E-state index in [1.165, 1.54) is 6.42 Å². The molecule has 1 aromatic carbocycles. The second-order valence-corrected chi connectivity index (χ2v) is 7.21. The van der Waals surface area contributed by atoms with Crippen LogP contribution in [0.25, 0.3) is 0 Å². The zero-order chi connectivity index (χ0) is 19.8. The topological polar surface area (TPSA) is 76.1 Å². The highest BCUT2D eigenvalue weighted by molar-refractivity contribution is 5.72. The lowest BCUT2D eigenvalue weighted by Crippen LogP contribution is -2.46. The molecule has 1 amide bonds. The van der Waals surface area contributed by atoms with E-state index in [-0.39, 0.29) is 43.3 Å². The first-order valence-corrected chi connectivity index (χ1v) is 9.81. The summed E-state index contributed by atoms with van der Waals surface area (Å²) in [4.78, 5) is 25.7. The highest BCUT2D eigenvalue weighted by atomic mass is 16.6. The number of likely N-dealkylation sites (tertiary alicyclic amines) is 1. The average Bonchev–Trinajstić information content (AvgIpc) is 3.24. The van der Waals surface area contributed by atoms with Gasteiger partial charge in [0.1, 0.15) is 12.7 Å². The van der Waals surface area contributed by atoms with Gasteiger partial charge in [-0.05, 0) is 25.3 Å². The van der Waals surface area contributed by atoms with Crippen molar-refractivity contribution in [2.24, 2.45) is 5.92 Å². The van der Waals surface area contributed by atoms with Gasteiger partial charge in [-0.1, -0.05) is 50.6 Å². The smallest absolute Gasteiger partial charge is 0.410 e. The van der Waals surface area contributed by atoms with Crippen molar-refractivity contribution in [2.45, 2.75) is 71.2 Å². The molecule has 3 rings (SSSR count). The largest absolute Gasteiger partial charge is 0.460 e. The van der Waals surface area contributed by atoms with Crippen LogP contribution in [-0.4, -0.2) is 46.9 Å². The monoisotopic (exact) mass is 377 g/mol. The van der Waals surface area contributed by atoms with Crippen LogP contribution in [0.2, 0.25) is 0 Å². The van der Waals surface area contributed by atoms with Crippen molar-refractivity contribution < 1.29 is 24.2 Å². The number of rotatable bonds is 4. The van der Waals surface area contributed by atoms with Gasteiger partial charge in [0.05, 0.1) is 6.04 Å². The van der Waals surface area contributed by atoms with E-state index in [0.717, 1.165) is 5.56 Å². The Balaban J connectivity index is 0.000000817. The van der Waals surface area contributed by atoms with E-state index in [9.17, 15) is 14.7 Å². The number of esters is 1. The summed E-state index contributed by atoms with van der Waals surface area (Å²) < 4.78 is 10.8. The van der Waals surface area contributed by atoms with E-state index in [4.69, 9.17) is 9.47 Å². The maximum Gasteiger partial charge on any atom is 0.410 e. The van der Waals surface area contributed by atoms with Gasteiger partial charge in [-0.3, -0.25) is 9.69 Å². The molecule has 2 aliphatic heterocycles. The quantitative estimate of drug-likeness (QED) is 0.813. The summed E-state index contributed by atoms with van der Waals surface area (Å²) in [6.07, 6.45) is 2.13. The molecule has 6 nitrogen and oxygen atoms in total. The summed E-state index contributed by atoms with van der Waals surface area (Å²) in [7, 11) is 0. The first-order chi connectivity index (χ1) is 13.0. The van der Waals surface area contributed by atoms with Crippen LogP contribution in [0.3, 0.4) is 0 Å². The normalized spacial score (nSPS) is 27.0. The zero-order valence-electron chi connectivity index (χ0n) is 16.5. The van der Waals surface area contributed by atoms with Crippen LogP contribution < -0.4 is 0 Å². The van der Waals surface area contributed by atoms with E-state index in [1.54, 1.807) is 4.90 Å². The maximum absolute atomic E-state index is 12.6. The van der Waals surface area contributed by atoms with Crippen molar-refractivity contribution in [1.82, 2.24) is 4.90 Å². The van der Waals surface area contributed by atoms with Gasteiger partial charge >= 0.3 is 12.1 Å². The van der Waals surface area contributed by atoms with E-state index < -0.39 is 6.09 Å². The third kappa shape index (κ3) is 5.45. The fourth-order valence-electron chi connectivity index (χ4n) is 3.62. The molecule has 0 radical (unpaired) electrons. The molecule has 1 N–H and O–H groups in total. The molecule has 2 heterocycles. The number of benzene rings is 1. The number of aliphatic hydroxyl groups is 1. The fourth-order valence-corrected chi connectivity index (χ4v) is 3.62. The third-order valence-corrected chi connectivity index (χ3v) is 5.02. The Bertz CT molecular complexity index is 606. The lowest BCUT2D eigenvalue weighted by atomic mass is 9.98. The van der Waals surface area contributed by atoms with Gasteiger partial charge in [-0.25, -0.2) is 4.79 Å². The summed E-state index contributed by atoms with van der Waals surface area (Å²) >= 11 is 0. The molecule has 1 aromatic rings. The number of amides is 1. The number of carbonyl (C=O) groups excluding carboxylic acids is 2. The first kappa shape index (κ1) is 21.2. The van der Waals surface area contributed by atoms with Crippen LogP contribution in [0.15, 0.2) is 30.3 Å². The Morgan fingerprint density at radius 2 is 1.96 bits per heavy atom. The van der Waals surface area contributed by atoms with Crippen LogP contribution in [0, 0.1) is 5.92 Å². The number of nitrogens with zero attached hydrogens (tertiary/aromatic N) is 1. The molecule has 2 fully saturated rings. The summed E-state index contributed by atoms with van der Waals surface area (Å²) in [6.45, 7) is 6.35. The molecule has 0 bridgehead atoms. The number of carbonyl (C=O) groups is 2. The molecule has 0 aliphatic carbocycles. The number of hydrogen-bond acceptors (Lipinski definition) is 5. The Labute approximate surface area is 161 Å². The van der Waals surface area contributed by atoms with Crippen LogP contribution in [0.1, 0.15) is 52.0 Å². The van der Waals surface area contributed by atoms with Gasteiger partial charge in [-0.15, -0.1) is 0 Å². The molecule has 4 atom stereocenters. The number of aliphatic hydroxyl groups excluding tert-OH is 1. The van der Waals surface area contributed by atoms with Crippen molar-refractivity contribution in [3.8, 4) is 0 Å². The minimum atomic E-state index is -0.421. The van der Waals surface area contributed by atoms with E-state index in [1.807, 2.05) is 37.3 Å². The number of ether oxygens (including phenoxy) is 2. The zero-order valence-corrected chi connectivity index (χ0v) is 16.5. The molecule has 2 saturated heterocycles. The molecule has 2 aliphatic rings. The Kier molecular flexibility index (Phi) is 8.10. The first-order valence-electron chi connectivity index (χ1n) is 9.81. The minimum absolute atomic E-state index is 0.000792. The SMILES string of the molecule is CC1C(CO)CC(C2CCC(=O)O2)N1C(=O)OCc1ccccc1.CCC. The molecular formula is C21H31NO5. The van der Waals surface area contributed by atoms with Crippen molar-refractivity contribution in [1.29, 1.82) is 0 Å². The third-order valence-electron chi connectivity index (χ3n) is 5.02. The van der Waals surface area contributed by atoms with E-state index in [2.05, 4.69) is 13.8 Å². The Morgan fingerprint density at radius 3 is 2.52 bits per heavy atom. The van der Waals surface area contributed by atoms with Crippen LogP contribution in [-0.2, 0) is 20.9 Å². The molecule has 0 spiro atoms. The van der Waals surface area contributed by atoms with Gasteiger partial charge in [-0.2, -0.15) is 0 Å². The van der Waals surface area contributed by atoms with Crippen molar-refractivity contribution in [3.63, 3.8) is 0 Å². The summed E-state index contributed by atoms with van der Waals surface area (Å²) in [5.74, 6) is -0.253. The molecule has 150 valence electrons. The van der Waals surface area contributed by atoms with E-state index in [0.29, 0.717) is 19.3 Å². The van der Waals surface area contributed by atoms with E-state index >= 15 is 0 Å². The highest BCUT2D eigenvalue weighted by Crippen LogP contribution is 2.36. The summed E-state index contributed by atoms with van der Waals surface area (Å²) in [5, 5.41) is 9.57. The molecular weight excluding hydrogens is 346 g/mol. The van der Waals surface area contributed by atoms with Gasteiger partial charge in [0.2, 0.25) is 0 Å². The number of hydrogen-bond donors (Lipinski definition) is 1. The van der Waals surface area contributed by atoms with Crippen LogP contribution in [0.5, 0.6) is 0 Å². The predicted molar refractivity (Wildman–Crippen MR) is 102 cm³/mol. The Hall–Kier alpha value is -2.08. The molecule has 27 heavy (non-hydrogen) atoms. The van der Waals surface area contributed by atoms with Crippen LogP contribution >= 0.6 is 0 Å². The van der Waals surface area contributed by atoms with Gasteiger partial charge < -0.3 is 14.6 Å². The lowest BCUT2D eigenvalue weighted by Gasteiger charge is -2.31. The van der Waals surface area contributed by atoms with Crippen molar-refractivity contribution >= 4 is 12.1 Å². The summed E-state index contributed by atoms with van der Waals surface area (Å²) in [6, 6.07) is 9.11. The molecule has 0 saturated carbocycles. The Morgan fingerprint density at radius 1 is 1.30 bits per heavy atom. The summed E-state index contributed by atoms with van der Waals surface area (Å²) in [5.41, 5.74) is 0.917. The lowest BCUT2D eigenvalue weighted by molar-refractivity contribution is -0.143. The predicted octanol–water partition coefficient (Wildman–Crippen LogP) is 3.52. The number of cyclic esters (lactones) is 1. The van der Waals surface area contributed by atoms with Crippen molar-refractivity contribution in [3.05, 3.63) is 35.9 Å². The van der Waals surface area contributed by atoms with Crippen molar-refractivity contribution in [2.75, 3.05) is 6.61 Å². The standard InChI is InChI=1S/C18H23NO5.C3H8/c1-12-14(10-20)9-15(16-7-8-17(21)24-16)19(12)18(22)23-11-13-5-3-2-4-6-13;1-3-2/h2-6,12,14-16,20H,7-11H2,1H3;3H2,1-2H3. The van der Waals surface area contributed by atoms with Crippen LogP contribution in [0.4, 0.5) is 4.79 Å². The molecule has 6 heteroatoms. The van der Waals surface area contributed by atoms with Gasteiger partial charge in [0.15, 0.2) is 0 Å². The van der Waals surface area contributed by atoms with Gasteiger partial charge in [0, 0.05) is 25.0 Å². The molecule has 0 aromatic heterocycles. The average molecular weight is 377 g/mol. The second-order valence-electron chi connectivity index (χ2n) is 7.21.